The number of aromatic nitrogens is 4. The number of ether oxygens (including phenoxy) is 1. The van der Waals surface area contributed by atoms with Crippen LogP contribution in [0.3, 0.4) is 0 Å². The maximum Gasteiger partial charge on any atom is 0.337 e. The third-order valence-electron chi connectivity index (χ3n) is 12.4. The van der Waals surface area contributed by atoms with E-state index in [0.717, 1.165) is 11.1 Å². The Hall–Kier alpha value is -7.58. The van der Waals surface area contributed by atoms with Gasteiger partial charge in [0.1, 0.15) is 36.0 Å². The first-order valence-electron chi connectivity index (χ1n) is 22.7. The van der Waals surface area contributed by atoms with E-state index in [4.69, 9.17) is 20.1 Å². The lowest BCUT2D eigenvalue weighted by atomic mass is 10.0. The number of fused-ring (bicyclic) bond motifs is 2. The van der Waals surface area contributed by atoms with Crippen LogP contribution in [-0.4, -0.2) is 92.0 Å². The summed E-state index contributed by atoms with van der Waals surface area (Å²) in [5.74, 6) is -7.49. The topological polar surface area (TPSA) is 204 Å². The fraction of sp³-hybridized carbons (Fsp3) is 0.333. The fourth-order valence-electron chi connectivity index (χ4n) is 8.64. The van der Waals surface area contributed by atoms with Gasteiger partial charge in [0.25, 0.3) is 23.7 Å². The highest BCUT2D eigenvalue weighted by molar-refractivity contribution is 6.01. The highest BCUT2D eigenvalue weighted by Crippen LogP contribution is 2.35. The van der Waals surface area contributed by atoms with Gasteiger partial charge >= 0.3 is 11.9 Å². The Balaban J connectivity index is 0.000000209. The highest BCUT2D eigenvalue weighted by Gasteiger charge is 2.35. The quantitative estimate of drug-likeness (QED) is 0.0489. The lowest BCUT2D eigenvalue weighted by Gasteiger charge is -2.21. The number of aromatic carboxylic acids is 1. The second-order valence-corrected chi connectivity index (χ2v) is 17.4. The van der Waals surface area contributed by atoms with Crippen molar-refractivity contribution in [1.82, 2.24) is 30.2 Å². The molecule has 2 aliphatic heterocycles. The molecule has 2 amide bonds. The van der Waals surface area contributed by atoms with Crippen molar-refractivity contribution >= 4 is 35.4 Å². The van der Waals surface area contributed by atoms with E-state index in [2.05, 4.69) is 20.8 Å². The summed E-state index contributed by atoms with van der Waals surface area (Å²) in [7, 11) is 1.32. The average molecular weight is 983 g/mol. The van der Waals surface area contributed by atoms with Gasteiger partial charge in [-0.1, -0.05) is 60.7 Å². The number of hydrogen-bond acceptors (Lipinski definition) is 11. The van der Waals surface area contributed by atoms with Gasteiger partial charge in [-0.3, -0.25) is 9.59 Å². The third kappa shape index (κ3) is 11.2. The van der Waals surface area contributed by atoms with Crippen molar-refractivity contribution in [2.75, 3.05) is 43.2 Å². The van der Waals surface area contributed by atoms with Crippen LogP contribution in [0.2, 0.25) is 0 Å². The first kappa shape index (κ1) is 51.3. The standard InChI is InChI=1S/C26H28F2N4O4.C25H26F2N4O4/c1-16(19-7-9-20(10-8-19)25(35)36-3)29-23(34)22-17(2)30-32-12-11-31(24(22)32)14-18-5-4-6-21(13-18)26(27,28)15-33;1-15(18-6-8-19(9-7-18)24(34)35)28-22(33)21-16(2)29-31-11-10-30(23(21)31)13-17-4-3-5-20(12-17)25(26,27)14-32/h4-10,13,16,33H,11-12,14-15H2,1-3H3,(H,29,34);3-9,12,15,32H,10-11,13-14H2,1-2H3,(H,28,33)(H,34,35)/t16-;15-/m00/s1. The van der Waals surface area contributed by atoms with Gasteiger partial charge in [0.15, 0.2) is 0 Å². The molecule has 71 heavy (non-hydrogen) atoms. The molecule has 374 valence electrons. The minimum atomic E-state index is -3.33. The number of carbonyl (C=O) groups is 4. The van der Waals surface area contributed by atoms with E-state index in [1.165, 1.54) is 55.6 Å². The second-order valence-electron chi connectivity index (χ2n) is 17.4. The largest absolute Gasteiger partial charge is 0.478 e. The molecule has 8 rings (SSSR count). The summed E-state index contributed by atoms with van der Waals surface area (Å²) in [6.45, 7) is 7.49. The molecule has 2 atom stereocenters. The minimum absolute atomic E-state index is 0.161. The zero-order valence-corrected chi connectivity index (χ0v) is 39.6. The molecule has 0 aliphatic carbocycles. The van der Waals surface area contributed by atoms with Crippen LogP contribution in [-0.2, 0) is 42.8 Å². The molecular formula is C51H54F4N8O8. The number of benzene rings is 4. The van der Waals surface area contributed by atoms with Gasteiger partial charge in [-0.2, -0.15) is 27.8 Å². The lowest BCUT2D eigenvalue weighted by Crippen LogP contribution is -2.29. The summed E-state index contributed by atoms with van der Waals surface area (Å²) in [5, 5.41) is 42.0. The number of carboxylic acids is 1. The smallest absolute Gasteiger partial charge is 0.337 e. The Morgan fingerprint density at radius 2 is 1.03 bits per heavy atom. The molecule has 5 N–H and O–H groups in total. The Kier molecular flexibility index (Phi) is 15.3. The number of amides is 2. The minimum Gasteiger partial charge on any atom is -0.478 e. The zero-order chi connectivity index (χ0) is 51.4. The van der Waals surface area contributed by atoms with E-state index in [1.807, 2.05) is 16.7 Å². The zero-order valence-electron chi connectivity index (χ0n) is 39.6. The summed E-state index contributed by atoms with van der Waals surface area (Å²) in [6, 6.07) is 24.2. The number of aryl methyl sites for hydroxylation is 2. The number of hydrogen-bond donors (Lipinski definition) is 5. The molecule has 0 saturated heterocycles. The second kappa shape index (κ2) is 21.2. The third-order valence-corrected chi connectivity index (χ3v) is 12.4. The van der Waals surface area contributed by atoms with Crippen molar-refractivity contribution in [3.63, 3.8) is 0 Å². The van der Waals surface area contributed by atoms with E-state index in [-0.39, 0.29) is 40.6 Å². The molecule has 0 radical (unpaired) electrons. The Bertz CT molecular complexity index is 2920. The molecule has 2 aromatic heterocycles. The summed E-state index contributed by atoms with van der Waals surface area (Å²) in [5.41, 5.74) is 4.86. The van der Waals surface area contributed by atoms with E-state index in [1.54, 1.807) is 78.7 Å². The van der Waals surface area contributed by atoms with Gasteiger partial charge in [-0.25, -0.2) is 19.0 Å². The predicted octanol–water partition coefficient (Wildman–Crippen LogP) is 7.06. The molecular weight excluding hydrogens is 929 g/mol. The van der Waals surface area contributed by atoms with Crippen molar-refractivity contribution in [2.24, 2.45) is 0 Å². The van der Waals surface area contributed by atoms with E-state index < -0.39 is 37.0 Å². The number of aliphatic hydroxyl groups is 2. The van der Waals surface area contributed by atoms with Gasteiger partial charge in [0.2, 0.25) is 0 Å². The molecule has 0 spiro atoms. The average Bonchev–Trinajstić information content (AvgIpc) is 4.12. The summed E-state index contributed by atoms with van der Waals surface area (Å²) < 4.78 is 64.1. The van der Waals surface area contributed by atoms with Gasteiger partial charge in [0, 0.05) is 37.3 Å². The van der Waals surface area contributed by atoms with Crippen molar-refractivity contribution in [2.45, 2.75) is 77.8 Å². The first-order valence-corrected chi connectivity index (χ1v) is 22.7. The molecule has 0 bridgehead atoms. The van der Waals surface area contributed by atoms with Crippen molar-refractivity contribution in [3.8, 4) is 0 Å². The van der Waals surface area contributed by atoms with Crippen LogP contribution in [0, 0.1) is 13.8 Å². The molecule has 0 fully saturated rings. The van der Waals surface area contributed by atoms with E-state index >= 15 is 0 Å². The van der Waals surface area contributed by atoms with Gasteiger partial charge in [-0.05, 0) is 86.3 Å². The lowest BCUT2D eigenvalue weighted by molar-refractivity contribution is -0.0558. The van der Waals surface area contributed by atoms with E-state index in [9.17, 15) is 36.7 Å². The molecule has 4 aromatic carbocycles. The first-order chi connectivity index (χ1) is 33.7. The van der Waals surface area contributed by atoms with Crippen molar-refractivity contribution < 1.29 is 56.8 Å². The molecule has 2 aliphatic rings. The monoisotopic (exact) mass is 982 g/mol. The predicted molar refractivity (Wildman–Crippen MR) is 254 cm³/mol. The van der Waals surface area contributed by atoms with Crippen LogP contribution in [0.25, 0.3) is 0 Å². The molecule has 20 heteroatoms. The van der Waals surface area contributed by atoms with Crippen LogP contribution in [0.5, 0.6) is 0 Å². The molecule has 0 saturated carbocycles. The SMILES string of the molecule is COC(=O)c1ccc([C@H](C)NC(=O)c2c(C)nn3c2N(Cc2cccc(C(F)(F)CO)c2)CC3)cc1.Cc1nn2c(c1C(=O)N[C@@H](C)c1ccc(C(=O)O)cc1)N(Cc1cccc(C(F)(F)CO)c1)CC2. The Morgan fingerprint density at radius 1 is 0.634 bits per heavy atom. The molecule has 6 aromatic rings. The highest BCUT2D eigenvalue weighted by atomic mass is 19.3. The number of carboxylic acid groups (broad SMARTS) is 1. The van der Waals surface area contributed by atoms with Crippen LogP contribution in [0.1, 0.15) is 112 Å². The van der Waals surface area contributed by atoms with Crippen LogP contribution >= 0.6 is 0 Å². The number of nitrogens with one attached hydrogen (secondary N) is 2. The number of esters is 1. The number of rotatable bonds is 16. The number of alkyl halides is 4. The number of anilines is 2. The van der Waals surface area contributed by atoms with E-state index in [0.29, 0.717) is 90.1 Å². The maximum absolute atomic E-state index is 14.0. The Morgan fingerprint density at radius 3 is 1.39 bits per heavy atom. The number of aliphatic hydroxyl groups excluding tert-OH is 2. The number of carbonyl (C=O) groups excluding carboxylic acids is 3. The Labute approximate surface area is 406 Å². The summed E-state index contributed by atoms with van der Waals surface area (Å²) in [4.78, 5) is 53.2. The van der Waals surface area contributed by atoms with Gasteiger partial charge in [0.05, 0.1) is 54.8 Å². The number of nitrogens with zero attached hydrogens (tertiary/aromatic N) is 6. The summed E-state index contributed by atoms with van der Waals surface area (Å²) in [6.07, 6.45) is 0. The fourth-order valence-corrected chi connectivity index (χ4v) is 8.64. The van der Waals surface area contributed by atoms with Crippen molar-refractivity contribution in [3.05, 3.63) is 164 Å². The van der Waals surface area contributed by atoms with Crippen molar-refractivity contribution in [1.29, 1.82) is 0 Å². The van der Waals surface area contributed by atoms with Crippen LogP contribution in [0.15, 0.2) is 97.1 Å². The number of methoxy groups -OCH3 is 1. The normalized spacial score (nSPS) is 14.0. The number of halogens is 4. The molecule has 16 nitrogen and oxygen atoms in total. The van der Waals surface area contributed by atoms with Crippen LogP contribution < -0.4 is 20.4 Å². The van der Waals surface area contributed by atoms with Gasteiger partial charge < -0.3 is 40.5 Å². The summed E-state index contributed by atoms with van der Waals surface area (Å²) >= 11 is 0. The van der Waals surface area contributed by atoms with Gasteiger partial charge in [-0.15, -0.1) is 0 Å². The maximum atomic E-state index is 14.0. The molecule has 0 unspecified atom stereocenters. The van der Waals surface area contributed by atoms with Crippen LogP contribution in [0.4, 0.5) is 29.2 Å². The molecule has 4 heterocycles.